The predicted octanol–water partition coefficient (Wildman–Crippen LogP) is 4.65. The molecule has 0 aliphatic heterocycles. The maximum Gasteiger partial charge on any atom is 0.243 e. The molecule has 1 atom stereocenters. The molecule has 152 valence electrons. The quantitative estimate of drug-likeness (QED) is 0.438. The van der Waals surface area contributed by atoms with Crippen LogP contribution in [0.3, 0.4) is 0 Å². The van der Waals surface area contributed by atoms with Crippen molar-refractivity contribution in [1.29, 1.82) is 0 Å². The Bertz CT molecular complexity index is 1140. The van der Waals surface area contributed by atoms with E-state index in [1.165, 1.54) is 11.8 Å². The number of thioether (sulfide) groups is 1. The molecule has 4 rings (SSSR count). The average molecular weight is 420 g/mol. The Kier molecular flexibility index (Phi) is 5.85. The van der Waals surface area contributed by atoms with E-state index in [0.29, 0.717) is 16.7 Å². The van der Waals surface area contributed by atoms with Gasteiger partial charge >= 0.3 is 0 Å². The fourth-order valence-corrected chi connectivity index (χ4v) is 4.03. The first-order valence-electron chi connectivity index (χ1n) is 9.27. The molecule has 0 aliphatic rings. The lowest BCUT2D eigenvalue weighted by Gasteiger charge is -2.17. The fourth-order valence-electron chi connectivity index (χ4n) is 2.96. The highest BCUT2D eigenvalue weighted by Gasteiger charge is 2.25. The predicted molar refractivity (Wildman–Crippen MR) is 115 cm³/mol. The summed E-state index contributed by atoms with van der Waals surface area (Å²) in [4.78, 5) is 17.6. The lowest BCUT2D eigenvalue weighted by Crippen LogP contribution is -2.19. The number of nitrogens with one attached hydrogen (secondary N) is 1. The number of nitrogens with zero attached hydrogens (tertiary/aromatic N) is 3. The number of methoxy groups -OCH3 is 1. The van der Waals surface area contributed by atoms with Crippen LogP contribution in [0.5, 0.6) is 5.75 Å². The second kappa shape index (κ2) is 8.87. The lowest BCUT2D eigenvalue weighted by molar-refractivity contribution is -0.115. The summed E-state index contributed by atoms with van der Waals surface area (Å²) in [6, 6.07) is 18.9. The summed E-state index contributed by atoms with van der Waals surface area (Å²) >= 11 is 1.36. The number of aromatic nitrogens is 3. The van der Waals surface area contributed by atoms with Gasteiger partial charge in [0.1, 0.15) is 16.8 Å². The molecule has 0 saturated carbocycles. The van der Waals surface area contributed by atoms with Crippen molar-refractivity contribution in [3.63, 3.8) is 0 Å². The average Bonchev–Trinajstić information content (AvgIpc) is 3.41. The van der Waals surface area contributed by atoms with Gasteiger partial charge in [-0.05, 0) is 24.6 Å². The van der Waals surface area contributed by atoms with Crippen LogP contribution in [0, 0.1) is 6.92 Å². The van der Waals surface area contributed by atoms with Gasteiger partial charge in [-0.2, -0.15) is 0 Å². The van der Waals surface area contributed by atoms with Crippen LogP contribution in [0.1, 0.15) is 16.6 Å². The van der Waals surface area contributed by atoms with Crippen LogP contribution in [0.15, 0.2) is 82.7 Å². The van der Waals surface area contributed by atoms with Crippen molar-refractivity contribution >= 4 is 23.5 Å². The van der Waals surface area contributed by atoms with Crippen molar-refractivity contribution in [2.75, 3.05) is 12.4 Å². The Labute approximate surface area is 178 Å². The zero-order chi connectivity index (χ0) is 20.9. The largest absolute Gasteiger partial charge is 0.497 e. The van der Waals surface area contributed by atoms with Crippen LogP contribution < -0.4 is 10.1 Å². The molecule has 7 nitrogen and oxygen atoms in total. The molecule has 2 aromatic carbocycles. The second-order valence-electron chi connectivity index (χ2n) is 6.50. The number of aryl methyl sites for hydroxylation is 1. The zero-order valence-corrected chi connectivity index (χ0v) is 17.3. The standard InChI is InChI=1S/C22H20N4O3S/c1-15-13-19(25-29-15)24-21(27)20(16-7-4-3-5-8-16)30-22-23-11-12-26(22)17-9-6-10-18(14-17)28-2/h3-14,20H,1-2H3,(H,24,25,27). The minimum Gasteiger partial charge on any atom is -0.497 e. The summed E-state index contributed by atoms with van der Waals surface area (Å²) in [6.07, 6.45) is 3.57. The third kappa shape index (κ3) is 4.38. The number of imidazole rings is 1. The molecule has 0 aliphatic carbocycles. The molecule has 0 fully saturated rings. The van der Waals surface area contributed by atoms with E-state index in [1.807, 2.05) is 65.4 Å². The summed E-state index contributed by atoms with van der Waals surface area (Å²) in [7, 11) is 1.63. The topological polar surface area (TPSA) is 82.2 Å². The SMILES string of the molecule is COc1cccc(-n2ccnc2SC(C(=O)Nc2cc(C)on2)c2ccccc2)c1. The first-order valence-corrected chi connectivity index (χ1v) is 10.2. The van der Waals surface area contributed by atoms with E-state index < -0.39 is 5.25 Å². The van der Waals surface area contributed by atoms with Crippen LogP contribution >= 0.6 is 11.8 Å². The van der Waals surface area contributed by atoms with Crippen LogP contribution in [-0.4, -0.2) is 27.7 Å². The monoisotopic (exact) mass is 420 g/mol. The Balaban J connectivity index is 1.64. The van der Waals surface area contributed by atoms with Gasteiger partial charge in [-0.25, -0.2) is 4.98 Å². The van der Waals surface area contributed by atoms with Crippen molar-refractivity contribution in [3.8, 4) is 11.4 Å². The Morgan fingerprint density at radius 3 is 2.73 bits per heavy atom. The number of rotatable bonds is 7. The molecule has 0 bridgehead atoms. The van der Waals surface area contributed by atoms with Gasteiger partial charge in [-0.1, -0.05) is 53.3 Å². The van der Waals surface area contributed by atoms with E-state index in [1.54, 1.807) is 26.3 Å². The molecular weight excluding hydrogens is 400 g/mol. The van der Waals surface area contributed by atoms with E-state index >= 15 is 0 Å². The number of benzene rings is 2. The Morgan fingerprint density at radius 2 is 2.00 bits per heavy atom. The molecule has 0 radical (unpaired) electrons. The van der Waals surface area contributed by atoms with Gasteiger partial charge in [-0.3, -0.25) is 9.36 Å². The molecule has 8 heteroatoms. The third-order valence-electron chi connectivity index (χ3n) is 4.38. The van der Waals surface area contributed by atoms with Gasteiger partial charge < -0.3 is 14.6 Å². The molecule has 1 unspecified atom stereocenters. The highest BCUT2D eigenvalue weighted by atomic mass is 32.2. The van der Waals surface area contributed by atoms with Gasteiger partial charge in [0.05, 0.1) is 12.8 Å². The molecule has 2 aromatic heterocycles. The zero-order valence-electron chi connectivity index (χ0n) is 16.5. The minimum absolute atomic E-state index is 0.209. The summed E-state index contributed by atoms with van der Waals surface area (Å²) in [5.74, 6) is 1.55. The van der Waals surface area contributed by atoms with E-state index in [-0.39, 0.29) is 5.91 Å². The van der Waals surface area contributed by atoms with Crippen molar-refractivity contribution in [3.05, 3.63) is 84.4 Å². The van der Waals surface area contributed by atoms with E-state index in [4.69, 9.17) is 9.26 Å². The van der Waals surface area contributed by atoms with Gasteiger partial charge in [0.25, 0.3) is 0 Å². The Morgan fingerprint density at radius 1 is 1.17 bits per heavy atom. The van der Waals surface area contributed by atoms with E-state index in [2.05, 4.69) is 15.5 Å². The second-order valence-corrected chi connectivity index (χ2v) is 7.57. The normalized spacial score (nSPS) is 11.8. The molecule has 0 saturated heterocycles. The lowest BCUT2D eigenvalue weighted by atomic mass is 10.1. The van der Waals surface area contributed by atoms with E-state index in [0.717, 1.165) is 17.0 Å². The summed E-state index contributed by atoms with van der Waals surface area (Å²) in [5.41, 5.74) is 1.76. The van der Waals surface area contributed by atoms with Gasteiger partial charge in [-0.15, -0.1) is 0 Å². The van der Waals surface area contributed by atoms with Crippen LogP contribution in [0.25, 0.3) is 5.69 Å². The maximum atomic E-state index is 13.1. The molecule has 4 aromatic rings. The summed E-state index contributed by atoms with van der Waals surface area (Å²) in [6.45, 7) is 1.77. The maximum absolute atomic E-state index is 13.1. The summed E-state index contributed by atoms with van der Waals surface area (Å²) < 4.78 is 12.3. The fraction of sp³-hybridized carbons (Fsp3) is 0.136. The first-order chi connectivity index (χ1) is 14.6. The Hall–Kier alpha value is -3.52. The van der Waals surface area contributed by atoms with Gasteiger partial charge in [0.2, 0.25) is 5.91 Å². The highest BCUT2D eigenvalue weighted by Crippen LogP contribution is 2.36. The summed E-state index contributed by atoms with van der Waals surface area (Å²) in [5, 5.41) is 6.84. The first kappa shape index (κ1) is 19.8. The minimum atomic E-state index is -0.532. The molecule has 1 N–H and O–H groups in total. The molecule has 1 amide bonds. The van der Waals surface area contributed by atoms with Crippen LogP contribution in [0.2, 0.25) is 0 Å². The number of hydrogen-bond donors (Lipinski definition) is 1. The van der Waals surface area contributed by atoms with Crippen molar-refractivity contribution in [2.45, 2.75) is 17.3 Å². The molecular formula is C22H20N4O3S. The van der Waals surface area contributed by atoms with Crippen molar-refractivity contribution in [2.24, 2.45) is 0 Å². The van der Waals surface area contributed by atoms with Crippen LogP contribution in [0.4, 0.5) is 5.82 Å². The molecule has 30 heavy (non-hydrogen) atoms. The highest BCUT2D eigenvalue weighted by molar-refractivity contribution is 8.00. The number of carbonyl (C=O) groups excluding carboxylic acids is 1. The van der Waals surface area contributed by atoms with Crippen LogP contribution in [-0.2, 0) is 4.79 Å². The third-order valence-corrected chi connectivity index (χ3v) is 5.62. The van der Waals surface area contributed by atoms with Crippen molar-refractivity contribution < 1.29 is 14.1 Å². The van der Waals surface area contributed by atoms with Gasteiger partial charge in [0, 0.05) is 24.5 Å². The number of amides is 1. The molecule has 2 heterocycles. The number of ether oxygens (including phenoxy) is 1. The van der Waals surface area contributed by atoms with Gasteiger partial charge in [0.15, 0.2) is 11.0 Å². The number of carbonyl (C=O) groups is 1. The molecule has 0 spiro atoms. The number of anilines is 1. The van der Waals surface area contributed by atoms with Crippen molar-refractivity contribution in [1.82, 2.24) is 14.7 Å². The smallest absolute Gasteiger partial charge is 0.243 e. The number of hydrogen-bond acceptors (Lipinski definition) is 6. The van der Waals surface area contributed by atoms with E-state index in [9.17, 15) is 4.79 Å².